The van der Waals surface area contributed by atoms with Gasteiger partial charge in [0.1, 0.15) is 6.54 Å². The van der Waals surface area contributed by atoms with Crippen molar-refractivity contribution in [2.24, 2.45) is 0 Å². The van der Waals surface area contributed by atoms with Crippen molar-refractivity contribution in [3.63, 3.8) is 0 Å². The van der Waals surface area contributed by atoms with Crippen LogP contribution in [0.1, 0.15) is 24.8 Å². The van der Waals surface area contributed by atoms with Gasteiger partial charge in [-0.1, -0.05) is 18.6 Å². The second kappa shape index (κ2) is 8.28. The van der Waals surface area contributed by atoms with Crippen LogP contribution < -0.4 is 10.5 Å². The van der Waals surface area contributed by atoms with E-state index in [4.69, 9.17) is 0 Å². The maximum absolute atomic E-state index is 12.8. The van der Waals surface area contributed by atoms with Gasteiger partial charge in [0.15, 0.2) is 0 Å². The summed E-state index contributed by atoms with van der Waals surface area (Å²) in [6.45, 7) is 2.67. The molecular weight excluding hydrogens is 378 g/mol. The molecule has 0 N–H and O–H groups in total. The molecule has 0 atom stereocenters. The van der Waals surface area contributed by atoms with Crippen LogP contribution >= 0.6 is 0 Å². The van der Waals surface area contributed by atoms with Crippen LogP contribution in [-0.2, 0) is 21.4 Å². The second-order valence-electron chi connectivity index (χ2n) is 7.09. The number of likely N-dealkylation sites (N-methyl/N-ethyl adjacent to an activating group) is 1. The number of piperidine rings is 1. The number of sulfonamides is 1. The molecule has 2 aromatic rings. The summed E-state index contributed by atoms with van der Waals surface area (Å²) in [6, 6.07) is 9.99. The molecule has 1 saturated heterocycles. The number of amides is 1. The molecule has 1 aliphatic heterocycles. The molecule has 3 rings (SSSR count). The number of hydrogen-bond acceptors (Lipinski definition) is 4. The number of carbonyl (C=O) groups excluding carboxylic acids is 1. The molecule has 150 valence electrons. The molecule has 0 spiro atoms. The molecule has 1 fully saturated rings. The van der Waals surface area contributed by atoms with Gasteiger partial charge in [-0.15, -0.1) is 0 Å². The molecule has 1 amide bonds. The Bertz CT molecular complexity index is 1020. The Kier molecular flexibility index (Phi) is 6.00. The lowest BCUT2D eigenvalue weighted by Crippen LogP contribution is -2.37. The average molecular weight is 404 g/mol. The monoisotopic (exact) mass is 403 g/mol. The van der Waals surface area contributed by atoms with Crippen LogP contribution in [0.2, 0.25) is 0 Å². The Labute approximate surface area is 165 Å². The number of nitrogens with zero attached hydrogens (tertiary/aromatic N) is 3. The number of hydrogen-bond donors (Lipinski definition) is 0. The third-order valence-electron chi connectivity index (χ3n) is 4.98. The second-order valence-corrected chi connectivity index (χ2v) is 9.03. The zero-order valence-corrected chi connectivity index (χ0v) is 17.0. The molecule has 7 nitrogen and oxygen atoms in total. The molecular formula is C20H25N3O4S. The van der Waals surface area contributed by atoms with Gasteiger partial charge in [-0.3, -0.25) is 9.59 Å². The van der Waals surface area contributed by atoms with Crippen LogP contribution in [0.5, 0.6) is 0 Å². The summed E-state index contributed by atoms with van der Waals surface area (Å²) >= 11 is 0. The van der Waals surface area contributed by atoms with Gasteiger partial charge in [0.05, 0.1) is 4.90 Å². The highest BCUT2D eigenvalue weighted by Crippen LogP contribution is 2.20. The van der Waals surface area contributed by atoms with E-state index in [1.807, 2.05) is 31.2 Å². The van der Waals surface area contributed by atoms with E-state index in [1.54, 1.807) is 7.05 Å². The van der Waals surface area contributed by atoms with Gasteiger partial charge < -0.3 is 9.47 Å². The fourth-order valence-corrected chi connectivity index (χ4v) is 4.81. The molecule has 1 aromatic carbocycles. The maximum Gasteiger partial charge on any atom is 0.251 e. The van der Waals surface area contributed by atoms with Crippen molar-refractivity contribution >= 4 is 21.6 Å². The first kappa shape index (κ1) is 20.3. The van der Waals surface area contributed by atoms with Gasteiger partial charge in [0.25, 0.3) is 5.56 Å². The van der Waals surface area contributed by atoms with E-state index in [0.29, 0.717) is 13.1 Å². The van der Waals surface area contributed by atoms with Crippen molar-refractivity contribution in [3.05, 3.63) is 58.5 Å². The lowest BCUT2D eigenvalue weighted by atomic mass is 10.2. The fraction of sp³-hybridized carbons (Fsp3) is 0.400. The SMILES string of the molecule is Cc1cccc(N(C)C(=O)Cn2cc(S(=O)(=O)N3CCCCC3)ccc2=O)c1. The Morgan fingerprint density at radius 2 is 1.82 bits per heavy atom. The number of aromatic nitrogens is 1. The summed E-state index contributed by atoms with van der Waals surface area (Å²) in [4.78, 5) is 26.4. The highest BCUT2D eigenvalue weighted by Gasteiger charge is 2.26. The van der Waals surface area contributed by atoms with E-state index < -0.39 is 15.6 Å². The molecule has 2 heterocycles. The minimum Gasteiger partial charge on any atom is -0.314 e. The summed E-state index contributed by atoms with van der Waals surface area (Å²) in [6.07, 6.45) is 3.96. The highest BCUT2D eigenvalue weighted by atomic mass is 32.2. The summed E-state index contributed by atoms with van der Waals surface area (Å²) in [5.74, 6) is -0.305. The molecule has 0 unspecified atom stereocenters. The normalized spacial score (nSPS) is 15.4. The smallest absolute Gasteiger partial charge is 0.251 e. The molecule has 0 saturated carbocycles. The summed E-state index contributed by atoms with van der Waals surface area (Å²) < 4.78 is 28.3. The molecule has 0 aliphatic carbocycles. The minimum absolute atomic E-state index is 0.0417. The van der Waals surface area contributed by atoms with Crippen molar-refractivity contribution in [2.75, 3.05) is 25.0 Å². The number of carbonyl (C=O) groups is 1. The molecule has 0 radical (unpaired) electrons. The Morgan fingerprint density at radius 1 is 1.11 bits per heavy atom. The standard InChI is InChI=1S/C20H25N3O4S/c1-16-7-6-8-17(13-16)21(2)20(25)15-22-14-18(9-10-19(22)24)28(26,27)23-11-4-3-5-12-23/h6-10,13-14H,3-5,11-12,15H2,1-2H3. The summed E-state index contributed by atoms with van der Waals surface area (Å²) in [5, 5.41) is 0. The van der Waals surface area contributed by atoms with Gasteiger partial charge in [0.2, 0.25) is 15.9 Å². The Morgan fingerprint density at radius 3 is 2.50 bits per heavy atom. The van der Waals surface area contributed by atoms with Crippen LogP contribution in [0.3, 0.4) is 0 Å². The topological polar surface area (TPSA) is 79.7 Å². The van der Waals surface area contributed by atoms with Crippen LogP contribution in [0, 0.1) is 6.92 Å². The first-order valence-corrected chi connectivity index (χ1v) is 10.8. The predicted molar refractivity (Wildman–Crippen MR) is 108 cm³/mol. The van der Waals surface area contributed by atoms with Gasteiger partial charge in [-0.2, -0.15) is 4.31 Å². The molecule has 1 aromatic heterocycles. The molecule has 8 heteroatoms. The van der Waals surface area contributed by atoms with Crippen LogP contribution in [0.4, 0.5) is 5.69 Å². The number of benzene rings is 1. The van der Waals surface area contributed by atoms with Gasteiger partial charge in [0, 0.05) is 38.1 Å². The quantitative estimate of drug-likeness (QED) is 0.765. The predicted octanol–water partition coefficient (Wildman–Crippen LogP) is 1.99. The van der Waals surface area contributed by atoms with Gasteiger partial charge in [-0.25, -0.2) is 8.42 Å². The largest absolute Gasteiger partial charge is 0.314 e. The molecule has 0 bridgehead atoms. The lowest BCUT2D eigenvalue weighted by Gasteiger charge is -2.26. The van der Waals surface area contributed by atoms with E-state index in [1.165, 1.54) is 27.5 Å². The third kappa shape index (κ3) is 4.34. The summed E-state index contributed by atoms with van der Waals surface area (Å²) in [5.41, 5.74) is 1.32. The summed E-state index contributed by atoms with van der Waals surface area (Å²) in [7, 11) is -2.03. The molecule has 28 heavy (non-hydrogen) atoms. The zero-order valence-electron chi connectivity index (χ0n) is 16.2. The zero-order chi connectivity index (χ0) is 20.3. The lowest BCUT2D eigenvalue weighted by molar-refractivity contribution is -0.118. The van der Waals surface area contributed by atoms with Crippen molar-refractivity contribution in [1.82, 2.24) is 8.87 Å². The van der Waals surface area contributed by atoms with Crippen LogP contribution in [-0.4, -0.2) is 43.3 Å². The number of pyridine rings is 1. The van der Waals surface area contributed by atoms with Crippen LogP contribution in [0.15, 0.2) is 52.3 Å². The van der Waals surface area contributed by atoms with Gasteiger partial charge >= 0.3 is 0 Å². The van der Waals surface area contributed by atoms with Crippen LogP contribution in [0.25, 0.3) is 0 Å². The Hall–Kier alpha value is -2.45. The van der Waals surface area contributed by atoms with Gasteiger partial charge in [-0.05, 0) is 43.5 Å². The van der Waals surface area contributed by atoms with Crippen molar-refractivity contribution in [3.8, 4) is 0 Å². The Balaban J connectivity index is 1.83. The van der Waals surface area contributed by atoms with Crippen molar-refractivity contribution in [2.45, 2.75) is 37.6 Å². The number of aryl methyl sites for hydroxylation is 1. The van der Waals surface area contributed by atoms with E-state index in [2.05, 4.69) is 0 Å². The minimum atomic E-state index is -3.67. The van der Waals surface area contributed by atoms with E-state index in [9.17, 15) is 18.0 Å². The average Bonchev–Trinajstić information content (AvgIpc) is 2.69. The van der Waals surface area contributed by atoms with Crippen molar-refractivity contribution in [1.29, 1.82) is 0 Å². The van der Waals surface area contributed by atoms with E-state index >= 15 is 0 Å². The molecule has 1 aliphatic rings. The van der Waals surface area contributed by atoms with E-state index in [-0.39, 0.29) is 17.3 Å². The first-order valence-electron chi connectivity index (χ1n) is 9.33. The van der Waals surface area contributed by atoms with Crippen molar-refractivity contribution < 1.29 is 13.2 Å². The fourth-order valence-electron chi connectivity index (χ4n) is 3.27. The maximum atomic E-state index is 12.8. The van der Waals surface area contributed by atoms with E-state index in [0.717, 1.165) is 35.1 Å². The third-order valence-corrected chi connectivity index (χ3v) is 6.86. The highest BCUT2D eigenvalue weighted by molar-refractivity contribution is 7.89. The first-order chi connectivity index (χ1) is 13.3. The number of rotatable bonds is 5. The number of anilines is 1.